The van der Waals surface area contributed by atoms with Crippen LogP contribution in [0.4, 0.5) is 17.3 Å². The molecule has 2 aliphatic heterocycles. The summed E-state index contributed by atoms with van der Waals surface area (Å²) in [5.74, 6) is 0.541. The third kappa shape index (κ3) is 6.82. The monoisotopic (exact) mass is 465 g/mol. The predicted octanol–water partition coefficient (Wildman–Crippen LogP) is 0.676. The van der Waals surface area contributed by atoms with Crippen molar-refractivity contribution in [2.75, 3.05) is 37.2 Å². The highest BCUT2D eigenvalue weighted by Crippen LogP contribution is 2.34. The third-order valence-corrected chi connectivity index (χ3v) is 5.27. The number of nitrogen functional groups attached to an aromatic ring is 1. The van der Waals surface area contributed by atoms with E-state index in [-0.39, 0.29) is 29.9 Å². The molecule has 2 unspecified atom stereocenters. The highest BCUT2D eigenvalue weighted by molar-refractivity contribution is 7.51. The summed E-state index contributed by atoms with van der Waals surface area (Å²) in [6.07, 6.45) is 0.611. The predicted molar refractivity (Wildman–Crippen MR) is 109 cm³/mol. The molecule has 0 amide bonds. The van der Waals surface area contributed by atoms with Gasteiger partial charge in [0.1, 0.15) is 18.1 Å². The van der Waals surface area contributed by atoms with E-state index in [1.54, 1.807) is 6.21 Å². The van der Waals surface area contributed by atoms with E-state index < -0.39 is 26.2 Å². The molecule has 2 saturated heterocycles. The van der Waals surface area contributed by atoms with Crippen LogP contribution in [-0.4, -0.2) is 81.6 Å². The SMILES string of the molecule is Nc1nc(Cl)nc(N[C@H]2CCOC2)c1N=CCC1C[C@H](O)C(COCP(=O)(O)O)O1. The van der Waals surface area contributed by atoms with Crippen molar-refractivity contribution in [3.05, 3.63) is 5.28 Å². The van der Waals surface area contributed by atoms with Gasteiger partial charge in [-0.05, 0) is 18.0 Å². The minimum absolute atomic E-state index is 0.00765. The van der Waals surface area contributed by atoms with Gasteiger partial charge >= 0.3 is 7.60 Å². The Morgan fingerprint density at radius 1 is 1.43 bits per heavy atom. The lowest BCUT2D eigenvalue weighted by Crippen LogP contribution is -2.26. The fourth-order valence-electron chi connectivity index (χ4n) is 3.18. The number of hydrogen-bond acceptors (Lipinski definition) is 10. The molecule has 0 bridgehead atoms. The number of rotatable bonds is 9. The summed E-state index contributed by atoms with van der Waals surface area (Å²) in [7, 11) is -4.26. The van der Waals surface area contributed by atoms with Gasteiger partial charge in [-0.3, -0.25) is 9.56 Å². The quantitative estimate of drug-likeness (QED) is 0.196. The van der Waals surface area contributed by atoms with Crippen molar-refractivity contribution in [3.8, 4) is 0 Å². The first-order chi connectivity index (χ1) is 14.2. The summed E-state index contributed by atoms with van der Waals surface area (Å²) in [6.45, 7) is 1.09. The number of halogens is 1. The average Bonchev–Trinajstić information content (AvgIpc) is 3.26. The van der Waals surface area contributed by atoms with Crippen molar-refractivity contribution in [1.82, 2.24) is 9.97 Å². The normalized spacial score (nSPS) is 27.2. The highest BCUT2D eigenvalue weighted by Gasteiger charge is 2.34. The first-order valence-corrected chi connectivity index (χ1v) is 11.5. The summed E-state index contributed by atoms with van der Waals surface area (Å²) in [6, 6.07) is 0.0755. The second-order valence-corrected chi connectivity index (χ2v) is 9.02. The Balaban J connectivity index is 1.56. The highest BCUT2D eigenvalue weighted by atomic mass is 35.5. The first-order valence-electron chi connectivity index (χ1n) is 9.37. The molecule has 0 aromatic carbocycles. The third-order valence-electron chi connectivity index (χ3n) is 4.59. The number of aliphatic hydroxyl groups excluding tert-OH is 1. The van der Waals surface area contributed by atoms with Crippen LogP contribution in [-0.2, 0) is 18.8 Å². The molecule has 0 spiro atoms. The van der Waals surface area contributed by atoms with E-state index in [2.05, 4.69) is 20.3 Å². The van der Waals surface area contributed by atoms with Crippen molar-refractivity contribution in [2.45, 2.75) is 43.6 Å². The molecule has 3 heterocycles. The fraction of sp³-hybridized carbons (Fsp3) is 0.688. The van der Waals surface area contributed by atoms with Crippen molar-refractivity contribution < 1.29 is 33.7 Å². The molecule has 1 aromatic heterocycles. The molecule has 14 heteroatoms. The Kier molecular flexibility index (Phi) is 7.99. The Labute approximate surface area is 178 Å². The number of aliphatic imine (C=N–C) groups is 1. The Morgan fingerprint density at radius 3 is 2.93 bits per heavy atom. The van der Waals surface area contributed by atoms with Gasteiger partial charge in [0.05, 0.1) is 31.5 Å². The maximum atomic E-state index is 10.8. The van der Waals surface area contributed by atoms with Gasteiger partial charge in [-0.2, -0.15) is 9.97 Å². The number of nitrogens with zero attached hydrogens (tertiary/aromatic N) is 3. The van der Waals surface area contributed by atoms with Gasteiger partial charge in [0.15, 0.2) is 11.6 Å². The van der Waals surface area contributed by atoms with Crippen molar-refractivity contribution in [2.24, 2.45) is 4.99 Å². The summed E-state index contributed by atoms with van der Waals surface area (Å²) in [5, 5.41) is 13.3. The zero-order chi connectivity index (χ0) is 21.7. The maximum absolute atomic E-state index is 10.8. The minimum Gasteiger partial charge on any atom is -0.390 e. The lowest BCUT2D eigenvalue weighted by molar-refractivity contribution is -0.0363. The summed E-state index contributed by atoms with van der Waals surface area (Å²) >= 11 is 5.91. The molecule has 3 rings (SSSR count). The van der Waals surface area contributed by atoms with Crippen LogP contribution < -0.4 is 11.1 Å². The number of aromatic nitrogens is 2. The van der Waals surface area contributed by atoms with Gasteiger partial charge in [0.2, 0.25) is 5.28 Å². The van der Waals surface area contributed by atoms with Crippen LogP contribution in [0.2, 0.25) is 5.28 Å². The van der Waals surface area contributed by atoms with Gasteiger partial charge in [0, 0.05) is 25.7 Å². The van der Waals surface area contributed by atoms with Crippen LogP contribution in [0.15, 0.2) is 4.99 Å². The zero-order valence-corrected chi connectivity index (χ0v) is 17.7. The Morgan fingerprint density at radius 2 is 2.23 bits per heavy atom. The Hall–Kier alpha value is -1.37. The molecule has 0 saturated carbocycles. The first kappa shape index (κ1) is 23.3. The van der Waals surface area contributed by atoms with Crippen LogP contribution in [0.3, 0.4) is 0 Å². The van der Waals surface area contributed by atoms with Crippen LogP contribution in [0, 0.1) is 0 Å². The number of anilines is 2. The fourth-order valence-corrected chi connectivity index (χ4v) is 3.70. The molecular weight excluding hydrogens is 441 g/mol. The second kappa shape index (κ2) is 10.3. The van der Waals surface area contributed by atoms with E-state index in [1.165, 1.54) is 0 Å². The van der Waals surface area contributed by atoms with E-state index in [4.69, 9.17) is 41.3 Å². The van der Waals surface area contributed by atoms with E-state index in [0.29, 0.717) is 37.6 Å². The van der Waals surface area contributed by atoms with Crippen molar-refractivity contribution in [3.63, 3.8) is 0 Å². The topological polar surface area (TPSA) is 182 Å². The summed E-state index contributed by atoms with van der Waals surface area (Å²) in [5.41, 5.74) is 6.31. The summed E-state index contributed by atoms with van der Waals surface area (Å²) in [4.78, 5) is 30.1. The van der Waals surface area contributed by atoms with E-state index >= 15 is 0 Å². The lowest BCUT2D eigenvalue weighted by Gasteiger charge is -2.15. The second-order valence-electron chi connectivity index (χ2n) is 7.09. The molecular formula is C16H25ClN5O7P. The standard InChI is InChI=1S/C16H25ClN5O7P/c17-16-21-14(18)13(15(22-16)20-9-2-4-27-6-9)19-3-1-10-5-11(23)12(29-10)7-28-8-30(24,25)26/h3,9-12,23H,1-2,4-8H2,(H2,24,25,26)(H3,18,20,21,22)/t9-,10?,11-,12?/m0/s1. The molecule has 6 N–H and O–H groups in total. The molecule has 1 aromatic rings. The number of ether oxygens (including phenoxy) is 3. The number of aliphatic hydroxyl groups is 1. The van der Waals surface area contributed by atoms with E-state index in [9.17, 15) is 9.67 Å². The summed E-state index contributed by atoms with van der Waals surface area (Å²) < 4.78 is 26.8. The van der Waals surface area contributed by atoms with Crippen LogP contribution in [0.5, 0.6) is 0 Å². The van der Waals surface area contributed by atoms with Gasteiger partial charge in [-0.1, -0.05) is 0 Å². The molecule has 4 atom stereocenters. The van der Waals surface area contributed by atoms with E-state index in [1.807, 2.05) is 0 Å². The largest absolute Gasteiger partial charge is 0.390 e. The Bertz CT molecular complexity index is 804. The van der Waals surface area contributed by atoms with Gasteiger partial charge in [-0.25, -0.2) is 0 Å². The van der Waals surface area contributed by atoms with Gasteiger partial charge in [-0.15, -0.1) is 0 Å². The van der Waals surface area contributed by atoms with Crippen LogP contribution >= 0.6 is 19.2 Å². The molecule has 0 aliphatic carbocycles. The van der Waals surface area contributed by atoms with Crippen LogP contribution in [0.25, 0.3) is 0 Å². The average molecular weight is 466 g/mol. The molecule has 30 heavy (non-hydrogen) atoms. The molecule has 2 fully saturated rings. The lowest BCUT2D eigenvalue weighted by atomic mass is 10.1. The van der Waals surface area contributed by atoms with Crippen molar-refractivity contribution >= 4 is 42.7 Å². The van der Waals surface area contributed by atoms with Gasteiger partial charge in [0.25, 0.3) is 0 Å². The molecule has 0 radical (unpaired) electrons. The van der Waals surface area contributed by atoms with Crippen molar-refractivity contribution in [1.29, 1.82) is 0 Å². The van der Waals surface area contributed by atoms with Gasteiger partial charge < -0.3 is 40.2 Å². The zero-order valence-electron chi connectivity index (χ0n) is 16.1. The van der Waals surface area contributed by atoms with Crippen LogP contribution in [0.1, 0.15) is 19.3 Å². The maximum Gasteiger partial charge on any atom is 0.350 e. The molecule has 12 nitrogen and oxygen atoms in total. The van der Waals surface area contributed by atoms with E-state index in [0.717, 1.165) is 6.42 Å². The molecule has 2 aliphatic rings. The number of hydrogen-bond donors (Lipinski definition) is 5. The molecule has 168 valence electrons. The number of nitrogens with two attached hydrogens (primary N) is 1. The minimum atomic E-state index is -4.26. The smallest absolute Gasteiger partial charge is 0.350 e. The number of nitrogens with one attached hydrogen (secondary N) is 1.